The van der Waals surface area contributed by atoms with Crippen LogP contribution in [0.4, 0.5) is 5.82 Å². The van der Waals surface area contributed by atoms with E-state index in [1.165, 1.54) is 0 Å². The lowest BCUT2D eigenvalue weighted by atomic mass is 9.96. The molecule has 2 aromatic heterocycles. The number of fused-ring (bicyclic) bond motifs is 2. The number of benzene rings is 2. The van der Waals surface area contributed by atoms with Crippen molar-refractivity contribution in [1.29, 1.82) is 0 Å². The topological polar surface area (TPSA) is 102 Å². The summed E-state index contributed by atoms with van der Waals surface area (Å²) in [5.41, 5.74) is 3.94. The highest BCUT2D eigenvalue weighted by Crippen LogP contribution is 2.38. The maximum absolute atomic E-state index is 9.86. The molecular weight excluding hydrogens is 444 g/mol. The number of pyridine rings is 1. The number of hydrogen-bond acceptors (Lipinski definition) is 7. The maximum Gasteiger partial charge on any atom is 0.135 e. The predicted molar refractivity (Wildman–Crippen MR) is 131 cm³/mol. The van der Waals surface area contributed by atoms with Gasteiger partial charge in [0.05, 0.1) is 25.3 Å². The van der Waals surface area contributed by atoms with Crippen molar-refractivity contribution in [2.24, 2.45) is 0 Å². The third-order valence-corrected chi connectivity index (χ3v) is 6.50. The molecule has 2 aliphatic heterocycles. The second-order valence-electron chi connectivity index (χ2n) is 8.82. The Morgan fingerprint density at radius 2 is 2.06 bits per heavy atom. The Labute approximate surface area is 202 Å². The van der Waals surface area contributed by atoms with Gasteiger partial charge in [0.25, 0.3) is 0 Å². The van der Waals surface area contributed by atoms with E-state index in [2.05, 4.69) is 15.3 Å². The number of aliphatic hydroxyl groups excluding tert-OH is 1. The molecule has 0 bridgehead atoms. The van der Waals surface area contributed by atoms with Crippen LogP contribution in [0.25, 0.3) is 11.3 Å². The SMILES string of the molecule is COc1cccc(-c2c[nH]c(C3COc4ccc(Oc5ccnc6c5CCC(O)N6)cc4C3)n2)c1. The number of aliphatic hydroxyl groups is 1. The number of imidazole rings is 1. The first-order chi connectivity index (χ1) is 17.2. The lowest BCUT2D eigenvalue weighted by molar-refractivity contribution is 0.188. The van der Waals surface area contributed by atoms with Crippen molar-refractivity contribution in [1.82, 2.24) is 15.0 Å². The predicted octanol–water partition coefficient (Wildman–Crippen LogP) is 4.67. The molecule has 0 aliphatic carbocycles. The van der Waals surface area contributed by atoms with E-state index in [-0.39, 0.29) is 5.92 Å². The highest BCUT2D eigenvalue weighted by molar-refractivity contribution is 5.61. The minimum absolute atomic E-state index is 0.108. The molecule has 4 heterocycles. The van der Waals surface area contributed by atoms with Crippen LogP contribution in [0.1, 0.15) is 29.3 Å². The Balaban J connectivity index is 1.21. The quantitative estimate of drug-likeness (QED) is 0.390. The molecule has 2 aliphatic rings. The van der Waals surface area contributed by atoms with Gasteiger partial charge in [-0.1, -0.05) is 12.1 Å². The van der Waals surface area contributed by atoms with E-state index >= 15 is 0 Å². The number of methoxy groups -OCH3 is 1. The fourth-order valence-corrected chi connectivity index (χ4v) is 4.66. The molecule has 0 saturated heterocycles. The molecule has 0 fully saturated rings. The largest absolute Gasteiger partial charge is 0.497 e. The number of anilines is 1. The molecule has 8 heteroatoms. The number of rotatable bonds is 5. The maximum atomic E-state index is 9.86. The average Bonchev–Trinajstić information content (AvgIpc) is 3.39. The van der Waals surface area contributed by atoms with Gasteiger partial charge in [-0.25, -0.2) is 9.97 Å². The first-order valence-electron chi connectivity index (χ1n) is 11.7. The summed E-state index contributed by atoms with van der Waals surface area (Å²) in [6.07, 6.45) is 5.16. The van der Waals surface area contributed by atoms with Crippen molar-refractivity contribution in [2.45, 2.75) is 31.4 Å². The van der Waals surface area contributed by atoms with Crippen molar-refractivity contribution in [3.63, 3.8) is 0 Å². The van der Waals surface area contributed by atoms with Crippen molar-refractivity contribution < 1.29 is 19.3 Å². The molecule has 0 spiro atoms. The van der Waals surface area contributed by atoms with Gasteiger partial charge in [0.1, 0.15) is 40.9 Å². The molecule has 178 valence electrons. The van der Waals surface area contributed by atoms with Crippen LogP contribution in [0, 0.1) is 0 Å². The van der Waals surface area contributed by atoms with Gasteiger partial charge >= 0.3 is 0 Å². The van der Waals surface area contributed by atoms with Gasteiger partial charge in [0.15, 0.2) is 0 Å². The second kappa shape index (κ2) is 8.96. The summed E-state index contributed by atoms with van der Waals surface area (Å²) in [5, 5.41) is 12.9. The lowest BCUT2D eigenvalue weighted by Gasteiger charge is -2.25. The molecule has 3 N–H and O–H groups in total. The Morgan fingerprint density at radius 3 is 2.97 bits per heavy atom. The van der Waals surface area contributed by atoms with Crippen LogP contribution in [0.2, 0.25) is 0 Å². The number of hydrogen-bond donors (Lipinski definition) is 3. The van der Waals surface area contributed by atoms with E-state index in [1.54, 1.807) is 13.3 Å². The molecule has 2 atom stereocenters. The minimum Gasteiger partial charge on any atom is -0.497 e. The molecule has 8 nitrogen and oxygen atoms in total. The number of aromatic amines is 1. The first kappa shape index (κ1) is 21.5. The van der Waals surface area contributed by atoms with E-state index < -0.39 is 6.23 Å². The van der Waals surface area contributed by atoms with Crippen molar-refractivity contribution in [3.05, 3.63) is 77.9 Å². The smallest absolute Gasteiger partial charge is 0.135 e. The molecule has 0 saturated carbocycles. The number of aromatic nitrogens is 3. The number of H-pyrrole nitrogens is 1. The zero-order valence-electron chi connectivity index (χ0n) is 19.3. The van der Waals surface area contributed by atoms with Crippen LogP contribution in [0.5, 0.6) is 23.0 Å². The van der Waals surface area contributed by atoms with Gasteiger partial charge in [-0.05, 0) is 61.2 Å². The van der Waals surface area contributed by atoms with Gasteiger partial charge in [0, 0.05) is 23.5 Å². The fraction of sp³-hybridized carbons (Fsp3) is 0.259. The van der Waals surface area contributed by atoms with Crippen LogP contribution >= 0.6 is 0 Å². The van der Waals surface area contributed by atoms with Gasteiger partial charge in [-0.3, -0.25) is 0 Å². The average molecular weight is 471 g/mol. The van der Waals surface area contributed by atoms with Gasteiger partial charge in [-0.2, -0.15) is 0 Å². The lowest BCUT2D eigenvalue weighted by Crippen LogP contribution is -2.25. The Bertz CT molecular complexity index is 1370. The Morgan fingerprint density at radius 1 is 1.11 bits per heavy atom. The van der Waals surface area contributed by atoms with Gasteiger partial charge < -0.3 is 29.6 Å². The second-order valence-corrected chi connectivity index (χ2v) is 8.82. The van der Waals surface area contributed by atoms with Crippen LogP contribution in [0.15, 0.2) is 60.9 Å². The number of ether oxygens (including phenoxy) is 3. The summed E-state index contributed by atoms with van der Waals surface area (Å²) in [5.74, 6) is 4.84. The molecule has 35 heavy (non-hydrogen) atoms. The van der Waals surface area contributed by atoms with Crippen molar-refractivity contribution >= 4 is 5.82 Å². The molecule has 0 radical (unpaired) electrons. The summed E-state index contributed by atoms with van der Waals surface area (Å²) in [7, 11) is 1.66. The van der Waals surface area contributed by atoms with E-state index in [1.807, 2.05) is 54.7 Å². The molecule has 2 unspecified atom stereocenters. The van der Waals surface area contributed by atoms with Crippen LogP contribution in [0.3, 0.4) is 0 Å². The zero-order chi connectivity index (χ0) is 23.8. The highest BCUT2D eigenvalue weighted by atomic mass is 16.5. The highest BCUT2D eigenvalue weighted by Gasteiger charge is 2.25. The van der Waals surface area contributed by atoms with Crippen LogP contribution in [-0.2, 0) is 12.8 Å². The van der Waals surface area contributed by atoms with E-state index in [4.69, 9.17) is 19.2 Å². The standard InChI is InChI=1S/C27H26N4O4/c1-33-19-4-2-3-16(12-19)22-14-29-26(30-22)18-11-17-13-20(5-7-23(17)34-15-18)35-24-9-10-28-27-21(24)6-8-25(32)31-27/h2-5,7,9-10,12-14,18,25,32H,6,8,11,15H2,1H3,(H,28,31)(H,29,30). The summed E-state index contributed by atoms with van der Waals surface area (Å²) in [6.45, 7) is 0.560. The Hall–Kier alpha value is -4.04. The summed E-state index contributed by atoms with van der Waals surface area (Å²) >= 11 is 0. The van der Waals surface area contributed by atoms with Crippen LogP contribution < -0.4 is 19.5 Å². The Kier molecular flexibility index (Phi) is 5.50. The molecule has 0 amide bonds. The van der Waals surface area contributed by atoms with E-state index in [0.717, 1.165) is 57.6 Å². The molecule has 6 rings (SSSR count). The van der Waals surface area contributed by atoms with Crippen molar-refractivity contribution in [2.75, 3.05) is 19.0 Å². The summed E-state index contributed by atoms with van der Waals surface area (Å²) < 4.78 is 17.7. The molecular formula is C27H26N4O4. The third kappa shape index (κ3) is 4.28. The third-order valence-electron chi connectivity index (χ3n) is 6.50. The van der Waals surface area contributed by atoms with E-state index in [0.29, 0.717) is 25.3 Å². The molecule has 2 aromatic carbocycles. The number of nitrogens with one attached hydrogen (secondary N) is 2. The first-order valence-corrected chi connectivity index (χ1v) is 11.7. The molecule has 4 aromatic rings. The summed E-state index contributed by atoms with van der Waals surface area (Å²) in [6, 6.07) is 15.7. The monoisotopic (exact) mass is 470 g/mol. The number of nitrogens with zero attached hydrogens (tertiary/aromatic N) is 2. The zero-order valence-corrected chi connectivity index (χ0v) is 19.3. The van der Waals surface area contributed by atoms with E-state index in [9.17, 15) is 5.11 Å². The van der Waals surface area contributed by atoms with Crippen LogP contribution in [-0.4, -0.2) is 40.0 Å². The normalized spacial score (nSPS) is 18.6. The van der Waals surface area contributed by atoms with Gasteiger partial charge in [0.2, 0.25) is 0 Å². The van der Waals surface area contributed by atoms with Crippen molar-refractivity contribution in [3.8, 4) is 34.3 Å². The summed E-state index contributed by atoms with van der Waals surface area (Å²) in [4.78, 5) is 12.5. The fourth-order valence-electron chi connectivity index (χ4n) is 4.66. The minimum atomic E-state index is -0.575. The van der Waals surface area contributed by atoms with Gasteiger partial charge in [-0.15, -0.1) is 0 Å².